The Labute approximate surface area is 184 Å². The van der Waals surface area contributed by atoms with Crippen molar-refractivity contribution in [2.24, 2.45) is 0 Å². The van der Waals surface area contributed by atoms with E-state index in [1.165, 1.54) is 18.2 Å². The molecule has 0 saturated heterocycles. The number of carbonyl (C=O) groups is 2. The Morgan fingerprint density at radius 3 is 2.67 bits per heavy atom. The summed E-state index contributed by atoms with van der Waals surface area (Å²) in [4.78, 5) is 27.1. The van der Waals surface area contributed by atoms with E-state index in [0.717, 1.165) is 4.90 Å². The molecule has 3 rings (SSSR count). The molecule has 3 amide bonds. The Morgan fingerprint density at radius 2 is 1.97 bits per heavy atom. The monoisotopic (exact) mass is 451 g/mol. The molecule has 2 aromatic rings. The first kappa shape index (κ1) is 22.4. The van der Waals surface area contributed by atoms with Crippen LogP contribution in [0.2, 0.25) is 10.0 Å². The van der Waals surface area contributed by atoms with Crippen LogP contribution in [-0.2, 0) is 15.3 Å². The summed E-state index contributed by atoms with van der Waals surface area (Å²) >= 11 is 12.1. The van der Waals surface area contributed by atoms with Gasteiger partial charge in [0.2, 0.25) is 0 Å². The number of anilines is 2. The number of hydrogen-bond acceptors (Lipinski definition) is 4. The lowest BCUT2D eigenvalue weighted by atomic mass is 9.95. The molecule has 0 unspecified atom stereocenters. The molecule has 0 radical (unpaired) electrons. The largest absolute Gasteiger partial charge is 0.379 e. The normalized spacial score (nSPS) is 18.2. The fraction of sp³-hybridized carbons (Fsp3) is 0.333. The van der Waals surface area contributed by atoms with Crippen LogP contribution in [0.5, 0.6) is 0 Å². The molecule has 160 valence electrons. The Bertz CT molecular complexity index is 954. The van der Waals surface area contributed by atoms with Gasteiger partial charge in [-0.1, -0.05) is 41.4 Å². The predicted octanol–water partition coefficient (Wildman–Crippen LogP) is 4.12. The molecule has 0 saturated carbocycles. The number of aliphatic hydroxyl groups is 1. The number of amides is 3. The van der Waals surface area contributed by atoms with Crippen LogP contribution in [0.25, 0.3) is 0 Å². The van der Waals surface area contributed by atoms with E-state index in [1.54, 1.807) is 24.3 Å². The molecule has 3 N–H and O–H groups in total. The predicted molar refractivity (Wildman–Crippen MR) is 117 cm³/mol. The van der Waals surface area contributed by atoms with Crippen LogP contribution in [0, 0.1) is 0 Å². The van der Waals surface area contributed by atoms with Crippen molar-refractivity contribution in [1.82, 2.24) is 5.32 Å². The Morgan fingerprint density at radius 1 is 1.23 bits per heavy atom. The molecule has 9 heteroatoms. The van der Waals surface area contributed by atoms with Crippen LogP contribution >= 0.6 is 23.2 Å². The highest BCUT2D eigenvalue weighted by Gasteiger charge is 2.51. The fourth-order valence-electron chi connectivity index (χ4n) is 3.20. The third-order valence-electron chi connectivity index (χ3n) is 4.61. The third kappa shape index (κ3) is 4.39. The summed E-state index contributed by atoms with van der Waals surface area (Å²) in [6.07, 6.45) is 0.643. The number of fused-ring (bicyclic) bond motifs is 1. The molecule has 30 heavy (non-hydrogen) atoms. The molecule has 0 spiro atoms. The third-order valence-corrected chi connectivity index (χ3v) is 5.35. The summed E-state index contributed by atoms with van der Waals surface area (Å²) in [7, 11) is 0. The van der Waals surface area contributed by atoms with Crippen molar-refractivity contribution in [2.75, 3.05) is 23.4 Å². The second-order valence-corrected chi connectivity index (χ2v) is 7.93. The van der Waals surface area contributed by atoms with Crippen molar-refractivity contribution < 1.29 is 19.4 Å². The minimum absolute atomic E-state index is 0.0870. The highest BCUT2D eigenvalue weighted by atomic mass is 35.5. The van der Waals surface area contributed by atoms with Crippen molar-refractivity contribution in [2.45, 2.75) is 32.1 Å². The molecule has 0 fully saturated rings. The summed E-state index contributed by atoms with van der Waals surface area (Å²) < 4.78 is 5.47. The smallest absolute Gasteiger partial charge is 0.329 e. The minimum Gasteiger partial charge on any atom is -0.379 e. The van der Waals surface area contributed by atoms with Crippen LogP contribution in [-0.4, -0.2) is 36.3 Å². The maximum absolute atomic E-state index is 13.2. The summed E-state index contributed by atoms with van der Waals surface area (Å²) in [5.74, 6) is -0.736. The molecule has 1 atom stereocenters. The van der Waals surface area contributed by atoms with Crippen LogP contribution in [0.15, 0.2) is 42.5 Å². The van der Waals surface area contributed by atoms with Gasteiger partial charge in [-0.25, -0.2) is 4.79 Å². The van der Waals surface area contributed by atoms with Gasteiger partial charge in [-0.15, -0.1) is 0 Å². The summed E-state index contributed by atoms with van der Waals surface area (Å²) in [5.41, 5.74) is -1.47. The zero-order valence-corrected chi connectivity index (χ0v) is 18.1. The van der Waals surface area contributed by atoms with E-state index in [0.29, 0.717) is 18.7 Å². The number of urea groups is 1. The number of nitrogens with zero attached hydrogens (tertiary/aromatic N) is 1. The average Bonchev–Trinajstić information content (AvgIpc) is 2.70. The first-order valence-electron chi connectivity index (χ1n) is 9.53. The molecular formula is C21H23Cl2N3O4. The van der Waals surface area contributed by atoms with Gasteiger partial charge in [-0.2, -0.15) is 0 Å². The number of carbonyl (C=O) groups excluding carboxylic acids is 2. The Hall–Kier alpha value is -2.32. The Balaban J connectivity index is 1.95. The number of benzene rings is 2. The molecular weight excluding hydrogens is 429 g/mol. The van der Waals surface area contributed by atoms with Crippen LogP contribution < -0.4 is 15.5 Å². The number of hydrogen-bond donors (Lipinski definition) is 3. The van der Waals surface area contributed by atoms with Crippen molar-refractivity contribution in [3.63, 3.8) is 0 Å². The number of nitrogens with one attached hydrogen (secondary N) is 2. The van der Waals surface area contributed by atoms with Crippen molar-refractivity contribution in [3.05, 3.63) is 58.1 Å². The standard InChI is InChI=1S/C21H23Cl2N3O4/c1-13(2)30-11-5-10-24-19(27)21(29)15-6-3-4-7-18(15)25-20(28)26(21)14-8-9-16(22)17(23)12-14/h3-4,6-9,12-13,29H,5,10-11H2,1-2H3,(H,24,27)(H,25,28)/t21-/m1/s1. The topological polar surface area (TPSA) is 90.9 Å². The molecule has 0 aromatic heterocycles. The van der Waals surface area contributed by atoms with E-state index in [-0.39, 0.29) is 33.9 Å². The van der Waals surface area contributed by atoms with E-state index in [4.69, 9.17) is 27.9 Å². The summed E-state index contributed by atoms with van der Waals surface area (Å²) in [5, 5.41) is 17.5. The Kier molecular flexibility index (Phi) is 6.88. The number of ether oxygens (including phenoxy) is 1. The van der Waals surface area contributed by atoms with Gasteiger partial charge < -0.3 is 20.5 Å². The van der Waals surface area contributed by atoms with Gasteiger partial charge in [0.15, 0.2) is 0 Å². The van der Waals surface area contributed by atoms with Gasteiger partial charge in [0.05, 0.1) is 27.5 Å². The van der Waals surface area contributed by atoms with Crippen molar-refractivity contribution >= 4 is 46.5 Å². The van der Waals surface area contributed by atoms with Gasteiger partial charge >= 0.3 is 6.03 Å². The van der Waals surface area contributed by atoms with Crippen LogP contribution in [0.3, 0.4) is 0 Å². The summed E-state index contributed by atoms with van der Waals surface area (Å²) in [6.45, 7) is 4.58. The molecule has 7 nitrogen and oxygen atoms in total. The lowest BCUT2D eigenvalue weighted by Crippen LogP contribution is -2.62. The zero-order chi connectivity index (χ0) is 21.9. The number of halogens is 2. The van der Waals surface area contributed by atoms with Gasteiger partial charge in [0, 0.05) is 18.7 Å². The highest BCUT2D eigenvalue weighted by molar-refractivity contribution is 6.42. The molecule has 0 bridgehead atoms. The molecule has 1 heterocycles. The van der Waals surface area contributed by atoms with Gasteiger partial charge in [0.1, 0.15) is 0 Å². The number of para-hydroxylation sites is 1. The van der Waals surface area contributed by atoms with E-state index < -0.39 is 17.7 Å². The van der Waals surface area contributed by atoms with Crippen molar-refractivity contribution in [1.29, 1.82) is 0 Å². The van der Waals surface area contributed by atoms with Crippen molar-refractivity contribution in [3.8, 4) is 0 Å². The van der Waals surface area contributed by atoms with E-state index in [1.807, 2.05) is 13.8 Å². The zero-order valence-electron chi connectivity index (χ0n) is 16.6. The SMILES string of the molecule is CC(C)OCCCNC(=O)[C@]1(O)c2ccccc2NC(=O)N1c1ccc(Cl)c(Cl)c1. The lowest BCUT2D eigenvalue weighted by molar-refractivity contribution is -0.140. The van der Waals surface area contributed by atoms with E-state index in [9.17, 15) is 14.7 Å². The van der Waals surface area contributed by atoms with Gasteiger partial charge in [-0.05, 0) is 44.5 Å². The first-order valence-corrected chi connectivity index (χ1v) is 10.3. The quantitative estimate of drug-likeness (QED) is 0.552. The van der Waals surface area contributed by atoms with Crippen LogP contribution in [0.4, 0.5) is 16.2 Å². The molecule has 0 aliphatic carbocycles. The summed E-state index contributed by atoms with van der Waals surface area (Å²) in [6, 6.07) is 10.3. The van der Waals surface area contributed by atoms with E-state index in [2.05, 4.69) is 10.6 Å². The maximum Gasteiger partial charge on any atom is 0.329 e. The van der Waals surface area contributed by atoms with E-state index >= 15 is 0 Å². The molecule has 2 aromatic carbocycles. The minimum atomic E-state index is -2.28. The van der Waals surface area contributed by atoms with Gasteiger partial charge in [-0.3, -0.25) is 9.69 Å². The highest BCUT2D eigenvalue weighted by Crippen LogP contribution is 2.41. The van der Waals surface area contributed by atoms with Gasteiger partial charge in [0.25, 0.3) is 11.6 Å². The number of rotatable bonds is 7. The van der Waals surface area contributed by atoms with Crippen LogP contribution in [0.1, 0.15) is 25.8 Å². The second-order valence-electron chi connectivity index (χ2n) is 7.11. The fourth-order valence-corrected chi connectivity index (χ4v) is 3.50. The molecule has 1 aliphatic heterocycles. The maximum atomic E-state index is 13.2. The molecule has 1 aliphatic rings. The second kappa shape index (κ2) is 9.22. The lowest BCUT2D eigenvalue weighted by Gasteiger charge is -2.42. The first-order chi connectivity index (χ1) is 14.2. The average molecular weight is 452 g/mol.